The van der Waals surface area contributed by atoms with Crippen LogP contribution in [0.2, 0.25) is 0 Å². The average Bonchev–Trinajstić information content (AvgIpc) is 2.78. The van der Waals surface area contributed by atoms with Gasteiger partial charge in [0.1, 0.15) is 0 Å². The molecule has 3 aromatic rings. The monoisotopic (exact) mass is 432 g/mol. The molecule has 0 aliphatic rings. The third kappa shape index (κ3) is 5.84. The number of nitrogens with zero attached hydrogens (tertiary/aromatic N) is 3. The Morgan fingerprint density at radius 2 is 1.72 bits per heavy atom. The zero-order valence-electron chi connectivity index (χ0n) is 19.4. The molecule has 0 aliphatic carbocycles. The van der Waals surface area contributed by atoms with Gasteiger partial charge in [0, 0.05) is 49.1 Å². The molecule has 1 aromatic heterocycles. The molecule has 6 nitrogen and oxygen atoms in total. The van der Waals surface area contributed by atoms with Gasteiger partial charge in [-0.25, -0.2) is 4.68 Å². The smallest absolute Gasteiger partial charge is 0.266 e. The van der Waals surface area contributed by atoms with Crippen molar-refractivity contribution < 1.29 is 4.79 Å². The zero-order valence-corrected chi connectivity index (χ0v) is 19.4. The first-order valence-corrected chi connectivity index (χ1v) is 11.2. The summed E-state index contributed by atoms with van der Waals surface area (Å²) in [6, 6.07) is 17.4. The highest BCUT2D eigenvalue weighted by Gasteiger charge is 2.09. The Morgan fingerprint density at radius 3 is 2.38 bits per heavy atom. The van der Waals surface area contributed by atoms with Crippen LogP contribution in [0.3, 0.4) is 0 Å². The Morgan fingerprint density at radius 1 is 1.00 bits per heavy atom. The Hall–Kier alpha value is -3.41. The van der Waals surface area contributed by atoms with Gasteiger partial charge >= 0.3 is 0 Å². The van der Waals surface area contributed by atoms with Crippen LogP contribution in [-0.4, -0.2) is 28.8 Å². The van der Waals surface area contributed by atoms with Gasteiger partial charge in [0.05, 0.1) is 5.69 Å². The first kappa shape index (κ1) is 23.3. The van der Waals surface area contributed by atoms with Gasteiger partial charge in [-0.15, -0.1) is 0 Å². The fourth-order valence-corrected chi connectivity index (χ4v) is 3.66. The molecule has 0 aliphatic heterocycles. The van der Waals surface area contributed by atoms with E-state index >= 15 is 0 Å². The molecule has 2 aromatic carbocycles. The highest BCUT2D eigenvalue weighted by molar-refractivity contribution is 5.91. The van der Waals surface area contributed by atoms with Crippen molar-refractivity contribution in [2.75, 3.05) is 23.3 Å². The van der Waals surface area contributed by atoms with Gasteiger partial charge in [-0.05, 0) is 63.9 Å². The number of aryl methyl sites for hydroxylation is 3. The standard InChI is InChI=1S/C26H32N4O2/c1-5-29(6-2)22-13-14-23(20(4)18-22)27-25(31)8-7-17-30-26(32)16-15-24(28-30)21-11-9-19(3)10-12-21/h9-16,18H,5-8,17H2,1-4H3,(H,27,31). The lowest BCUT2D eigenvalue weighted by Gasteiger charge is -2.22. The van der Waals surface area contributed by atoms with Crippen molar-refractivity contribution in [3.8, 4) is 11.3 Å². The zero-order chi connectivity index (χ0) is 23.1. The predicted molar refractivity (Wildman–Crippen MR) is 131 cm³/mol. The van der Waals surface area contributed by atoms with Gasteiger partial charge in [0.2, 0.25) is 5.91 Å². The van der Waals surface area contributed by atoms with E-state index in [0.29, 0.717) is 19.4 Å². The average molecular weight is 433 g/mol. The molecule has 0 unspecified atom stereocenters. The van der Waals surface area contributed by atoms with E-state index in [2.05, 4.69) is 35.2 Å². The van der Waals surface area contributed by atoms with Crippen LogP contribution in [0.4, 0.5) is 11.4 Å². The molecule has 0 saturated carbocycles. The van der Waals surface area contributed by atoms with Gasteiger partial charge in [-0.2, -0.15) is 5.10 Å². The van der Waals surface area contributed by atoms with E-state index in [4.69, 9.17) is 0 Å². The Bertz CT molecular complexity index is 1120. The summed E-state index contributed by atoms with van der Waals surface area (Å²) in [5.74, 6) is -0.0635. The minimum atomic E-state index is -0.163. The number of anilines is 2. The summed E-state index contributed by atoms with van der Waals surface area (Å²) < 4.78 is 1.44. The maximum atomic E-state index is 12.5. The number of hydrogen-bond donors (Lipinski definition) is 1. The highest BCUT2D eigenvalue weighted by Crippen LogP contribution is 2.23. The summed E-state index contributed by atoms with van der Waals surface area (Å²) in [4.78, 5) is 26.9. The van der Waals surface area contributed by atoms with Crippen molar-refractivity contribution in [1.82, 2.24) is 9.78 Å². The van der Waals surface area contributed by atoms with Gasteiger partial charge < -0.3 is 10.2 Å². The molecule has 0 fully saturated rings. The number of benzene rings is 2. The molecule has 32 heavy (non-hydrogen) atoms. The van der Waals surface area contributed by atoms with E-state index in [-0.39, 0.29) is 11.5 Å². The first-order valence-electron chi connectivity index (χ1n) is 11.2. The van der Waals surface area contributed by atoms with Crippen molar-refractivity contribution in [3.05, 3.63) is 76.1 Å². The molecule has 0 saturated heterocycles. The van der Waals surface area contributed by atoms with Crippen molar-refractivity contribution in [2.24, 2.45) is 0 Å². The fourth-order valence-electron chi connectivity index (χ4n) is 3.66. The van der Waals surface area contributed by atoms with E-state index < -0.39 is 0 Å². The van der Waals surface area contributed by atoms with E-state index in [9.17, 15) is 9.59 Å². The van der Waals surface area contributed by atoms with Crippen LogP contribution in [0.1, 0.15) is 37.8 Å². The molecular weight excluding hydrogens is 400 g/mol. The summed E-state index contributed by atoms with van der Waals surface area (Å²) in [6.07, 6.45) is 0.854. The Labute approximate surface area is 189 Å². The lowest BCUT2D eigenvalue weighted by atomic mass is 10.1. The fraction of sp³-hybridized carbons (Fsp3) is 0.346. The number of carbonyl (C=O) groups excluding carboxylic acids is 1. The molecule has 1 heterocycles. The van der Waals surface area contributed by atoms with Crippen LogP contribution in [-0.2, 0) is 11.3 Å². The third-order valence-corrected chi connectivity index (χ3v) is 5.60. The topological polar surface area (TPSA) is 67.2 Å². The minimum absolute atomic E-state index is 0.0635. The van der Waals surface area contributed by atoms with Crippen LogP contribution in [0, 0.1) is 13.8 Å². The largest absolute Gasteiger partial charge is 0.372 e. The summed E-state index contributed by atoms with van der Waals surface area (Å²) in [5.41, 5.74) is 5.73. The molecular formula is C26H32N4O2. The van der Waals surface area contributed by atoms with E-state index in [1.54, 1.807) is 6.07 Å². The molecule has 0 bridgehead atoms. The van der Waals surface area contributed by atoms with Crippen LogP contribution in [0.15, 0.2) is 59.4 Å². The molecule has 3 rings (SSSR count). The van der Waals surface area contributed by atoms with Crippen LogP contribution in [0.5, 0.6) is 0 Å². The SMILES string of the molecule is CCN(CC)c1ccc(NC(=O)CCCn2nc(-c3ccc(C)cc3)ccc2=O)c(C)c1. The highest BCUT2D eigenvalue weighted by atomic mass is 16.1. The van der Waals surface area contributed by atoms with E-state index in [1.807, 2.05) is 50.2 Å². The van der Waals surface area contributed by atoms with E-state index in [1.165, 1.54) is 16.3 Å². The normalized spacial score (nSPS) is 10.8. The minimum Gasteiger partial charge on any atom is -0.372 e. The second-order valence-electron chi connectivity index (χ2n) is 7.97. The van der Waals surface area contributed by atoms with Crippen molar-refractivity contribution in [1.29, 1.82) is 0 Å². The van der Waals surface area contributed by atoms with Crippen LogP contribution >= 0.6 is 0 Å². The Balaban J connectivity index is 1.59. The number of aromatic nitrogens is 2. The quantitative estimate of drug-likeness (QED) is 0.528. The summed E-state index contributed by atoms with van der Waals surface area (Å²) in [6.45, 7) is 10.6. The lowest BCUT2D eigenvalue weighted by Crippen LogP contribution is -2.23. The molecule has 1 amide bonds. The maximum Gasteiger partial charge on any atom is 0.266 e. The molecule has 0 atom stereocenters. The number of amides is 1. The lowest BCUT2D eigenvalue weighted by molar-refractivity contribution is -0.116. The second-order valence-corrected chi connectivity index (χ2v) is 7.97. The van der Waals surface area contributed by atoms with Crippen molar-refractivity contribution >= 4 is 17.3 Å². The maximum absolute atomic E-state index is 12.5. The Kier molecular flexibility index (Phi) is 7.82. The van der Waals surface area contributed by atoms with Gasteiger partial charge in [-0.1, -0.05) is 29.8 Å². The van der Waals surface area contributed by atoms with Crippen molar-refractivity contribution in [3.63, 3.8) is 0 Å². The van der Waals surface area contributed by atoms with E-state index in [0.717, 1.165) is 41.3 Å². The molecule has 0 radical (unpaired) electrons. The van der Waals surface area contributed by atoms with Gasteiger partial charge in [0.25, 0.3) is 5.56 Å². The molecule has 168 valence electrons. The number of carbonyl (C=O) groups is 1. The molecule has 6 heteroatoms. The van der Waals surface area contributed by atoms with Gasteiger partial charge in [0.15, 0.2) is 0 Å². The van der Waals surface area contributed by atoms with Crippen molar-refractivity contribution in [2.45, 2.75) is 47.1 Å². The van der Waals surface area contributed by atoms with Gasteiger partial charge in [-0.3, -0.25) is 9.59 Å². The molecule has 0 spiro atoms. The number of hydrogen-bond acceptors (Lipinski definition) is 4. The summed E-state index contributed by atoms with van der Waals surface area (Å²) >= 11 is 0. The first-order chi connectivity index (χ1) is 15.4. The number of rotatable bonds is 9. The number of nitrogens with one attached hydrogen (secondary N) is 1. The van der Waals surface area contributed by atoms with Crippen LogP contribution < -0.4 is 15.8 Å². The summed E-state index contributed by atoms with van der Waals surface area (Å²) in [7, 11) is 0. The predicted octanol–water partition coefficient (Wildman–Crippen LogP) is 4.79. The molecule has 1 N–H and O–H groups in total. The van der Waals surface area contributed by atoms with Crippen LogP contribution in [0.25, 0.3) is 11.3 Å². The summed E-state index contributed by atoms with van der Waals surface area (Å²) in [5, 5.41) is 7.47. The third-order valence-electron chi connectivity index (χ3n) is 5.60. The second kappa shape index (κ2) is 10.8.